The SMILES string of the molecule is c1coc(-c2ncc(CN3CCCCCC3c3ccco3)cn2)c1. The molecule has 1 aliphatic rings. The molecule has 0 radical (unpaired) electrons. The first-order valence-electron chi connectivity index (χ1n) is 8.52. The van der Waals surface area contributed by atoms with Crippen molar-refractivity contribution in [3.05, 3.63) is 60.5 Å². The van der Waals surface area contributed by atoms with Crippen molar-refractivity contribution in [3.8, 4) is 11.6 Å². The van der Waals surface area contributed by atoms with Crippen molar-refractivity contribution in [2.75, 3.05) is 6.54 Å². The predicted octanol–water partition coefficient (Wildman–Crippen LogP) is 4.45. The van der Waals surface area contributed by atoms with Crippen LogP contribution in [-0.4, -0.2) is 21.4 Å². The fraction of sp³-hybridized carbons (Fsp3) is 0.368. The largest absolute Gasteiger partial charge is 0.468 e. The van der Waals surface area contributed by atoms with Crippen molar-refractivity contribution in [1.82, 2.24) is 14.9 Å². The lowest BCUT2D eigenvalue weighted by Gasteiger charge is -2.28. The third-order valence-electron chi connectivity index (χ3n) is 4.57. The summed E-state index contributed by atoms with van der Waals surface area (Å²) in [5.41, 5.74) is 1.11. The lowest BCUT2D eigenvalue weighted by atomic mass is 10.1. The number of hydrogen-bond donors (Lipinski definition) is 0. The highest BCUT2D eigenvalue weighted by molar-refractivity contribution is 5.45. The van der Waals surface area contributed by atoms with E-state index in [2.05, 4.69) is 20.9 Å². The van der Waals surface area contributed by atoms with Gasteiger partial charge in [0.05, 0.1) is 18.6 Å². The molecule has 0 spiro atoms. The van der Waals surface area contributed by atoms with Crippen LogP contribution < -0.4 is 0 Å². The van der Waals surface area contributed by atoms with Gasteiger partial charge in [0.1, 0.15) is 5.76 Å². The number of nitrogens with zero attached hydrogens (tertiary/aromatic N) is 3. The third-order valence-corrected chi connectivity index (χ3v) is 4.57. The van der Waals surface area contributed by atoms with Crippen molar-refractivity contribution >= 4 is 0 Å². The summed E-state index contributed by atoms with van der Waals surface area (Å²) in [5.74, 6) is 2.39. The summed E-state index contributed by atoms with van der Waals surface area (Å²) < 4.78 is 11.0. The maximum absolute atomic E-state index is 5.68. The second-order valence-electron chi connectivity index (χ2n) is 6.24. The Morgan fingerprint density at radius 1 is 1.00 bits per heavy atom. The molecular formula is C19H21N3O2. The van der Waals surface area contributed by atoms with Gasteiger partial charge in [-0.05, 0) is 43.7 Å². The van der Waals surface area contributed by atoms with Gasteiger partial charge in [-0.25, -0.2) is 9.97 Å². The van der Waals surface area contributed by atoms with Gasteiger partial charge in [-0.15, -0.1) is 0 Å². The van der Waals surface area contributed by atoms with E-state index in [4.69, 9.17) is 8.83 Å². The Balaban J connectivity index is 1.51. The highest BCUT2D eigenvalue weighted by atomic mass is 16.3. The maximum atomic E-state index is 5.68. The molecule has 3 aromatic rings. The zero-order valence-electron chi connectivity index (χ0n) is 13.6. The Morgan fingerprint density at radius 2 is 1.83 bits per heavy atom. The summed E-state index contributed by atoms with van der Waals surface area (Å²) in [6.45, 7) is 1.91. The van der Waals surface area contributed by atoms with Gasteiger partial charge < -0.3 is 8.83 Å². The molecule has 124 valence electrons. The highest BCUT2D eigenvalue weighted by Crippen LogP contribution is 2.31. The Bertz CT molecular complexity index is 736. The van der Waals surface area contributed by atoms with E-state index >= 15 is 0 Å². The zero-order valence-corrected chi connectivity index (χ0v) is 13.6. The first-order chi connectivity index (χ1) is 11.9. The van der Waals surface area contributed by atoms with E-state index in [1.54, 1.807) is 12.5 Å². The molecule has 3 aromatic heterocycles. The van der Waals surface area contributed by atoms with E-state index in [-0.39, 0.29) is 0 Å². The third kappa shape index (κ3) is 3.26. The summed E-state index contributed by atoms with van der Waals surface area (Å²) in [6.07, 6.45) is 12.1. The lowest BCUT2D eigenvalue weighted by Crippen LogP contribution is -2.28. The van der Waals surface area contributed by atoms with E-state index < -0.39 is 0 Å². The molecule has 0 amide bonds. The summed E-state index contributed by atoms with van der Waals surface area (Å²) in [7, 11) is 0. The number of rotatable bonds is 4. The summed E-state index contributed by atoms with van der Waals surface area (Å²) >= 11 is 0. The van der Waals surface area contributed by atoms with Crippen molar-refractivity contribution < 1.29 is 8.83 Å². The van der Waals surface area contributed by atoms with Crippen molar-refractivity contribution in [2.45, 2.75) is 38.3 Å². The maximum Gasteiger partial charge on any atom is 0.195 e. The average molecular weight is 323 g/mol. The van der Waals surface area contributed by atoms with Crippen LogP contribution in [-0.2, 0) is 6.54 Å². The standard InChI is InChI=1S/C19H21N3O2/c1-2-6-16(17-7-4-10-23-17)22(9-3-1)14-15-12-20-19(21-13-15)18-8-5-11-24-18/h4-5,7-8,10-13,16H,1-3,6,9,14H2. The fourth-order valence-corrected chi connectivity index (χ4v) is 3.36. The van der Waals surface area contributed by atoms with Crippen molar-refractivity contribution in [3.63, 3.8) is 0 Å². The number of furan rings is 2. The topological polar surface area (TPSA) is 55.3 Å². The molecule has 5 heteroatoms. The Labute approximate surface area is 141 Å². The van der Waals surface area contributed by atoms with Crippen LogP contribution >= 0.6 is 0 Å². The molecule has 1 aliphatic heterocycles. The van der Waals surface area contributed by atoms with Crippen LogP contribution in [0.3, 0.4) is 0 Å². The molecule has 1 fully saturated rings. The first kappa shape index (κ1) is 15.1. The van der Waals surface area contributed by atoms with E-state index in [0.29, 0.717) is 17.6 Å². The fourth-order valence-electron chi connectivity index (χ4n) is 3.36. The molecule has 24 heavy (non-hydrogen) atoms. The molecule has 4 heterocycles. The minimum Gasteiger partial charge on any atom is -0.468 e. The molecular weight excluding hydrogens is 302 g/mol. The van der Waals surface area contributed by atoms with Crippen LogP contribution in [0.5, 0.6) is 0 Å². The van der Waals surface area contributed by atoms with Crippen LogP contribution in [0.1, 0.15) is 43.0 Å². The Kier molecular flexibility index (Phi) is 4.42. The van der Waals surface area contributed by atoms with E-state index in [9.17, 15) is 0 Å². The molecule has 1 atom stereocenters. The zero-order chi connectivity index (χ0) is 16.2. The normalized spacial score (nSPS) is 19.2. The molecule has 5 nitrogen and oxygen atoms in total. The van der Waals surface area contributed by atoms with Gasteiger partial charge in [-0.3, -0.25) is 4.90 Å². The van der Waals surface area contributed by atoms with Crippen molar-refractivity contribution in [2.24, 2.45) is 0 Å². The molecule has 0 aliphatic carbocycles. The quantitative estimate of drug-likeness (QED) is 0.710. The molecule has 1 saturated heterocycles. The van der Waals surface area contributed by atoms with E-state index in [1.165, 1.54) is 19.3 Å². The molecule has 4 rings (SSSR count). The highest BCUT2D eigenvalue weighted by Gasteiger charge is 2.24. The number of aromatic nitrogens is 2. The molecule has 0 saturated carbocycles. The van der Waals surface area contributed by atoms with Gasteiger partial charge in [-0.1, -0.05) is 12.8 Å². The minimum absolute atomic E-state index is 0.340. The second kappa shape index (κ2) is 7.01. The van der Waals surface area contributed by atoms with E-state index in [1.807, 2.05) is 30.6 Å². The summed E-state index contributed by atoms with van der Waals surface area (Å²) in [5, 5.41) is 0. The van der Waals surface area contributed by atoms with Crippen LogP contribution in [0.15, 0.2) is 58.0 Å². The Morgan fingerprint density at radius 3 is 2.58 bits per heavy atom. The Hall–Kier alpha value is -2.40. The van der Waals surface area contributed by atoms with Gasteiger partial charge in [0, 0.05) is 24.5 Å². The molecule has 0 aromatic carbocycles. The van der Waals surface area contributed by atoms with Crippen molar-refractivity contribution in [1.29, 1.82) is 0 Å². The van der Waals surface area contributed by atoms with Gasteiger partial charge in [0.25, 0.3) is 0 Å². The average Bonchev–Trinajstić information content (AvgIpc) is 3.28. The van der Waals surface area contributed by atoms with Gasteiger partial charge in [0.15, 0.2) is 11.6 Å². The predicted molar refractivity (Wildman–Crippen MR) is 90.1 cm³/mol. The van der Waals surface area contributed by atoms with Crippen LogP contribution in [0.25, 0.3) is 11.6 Å². The van der Waals surface area contributed by atoms with Gasteiger partial charge in [-0.2, -0.15) is 0 Å². The molecule has 1 unspecified atom stereocenters. The monoisotopic (exact) mass is 323 g/mol. The summed E-state index contributed by atoms with van der Waals surface area (Å²) in [6, 6.07) is 8.11. The number of hydrogen-bond acceptors (Lipinski definition) is 5. The molecule has 0 N–H and O–H groups in total. The van der Waals surface area contributed by atoms with Crippen LogP contribution in [0, 0.1) is 0 Å². The molecule has 0 bridgehead atoms. The van der Waals surface area contributed by atoms with Crippen LogP contribution in [0.4, 0.5) is 0 Å². The first-order valence-corrected chi connectivity index (χ1v) is 8.52. The second-order valence-corrected chi connectivity index (χ2v) is 6.24. The smallest absolute Gasteiger partial charge is 0.195 e. The van der Waals surface area contributed by atoms with Gasteiger partial charge in [0.2, 0.25) is 0 Å². The van der Waals surface area contributed by atoms with E-state index in [0.717, 1.165) is 30.8 Å². The number of likely N-dealkylation sites (tertiary alicyclic amines) is 1. The van der Waals surface area contributed by atoms with Gasteiger partial charge >= 0.3 is 0 Å². The van der Waals surface area contributed by atoms with Crippen LogP contribution in [0.2, 0.25) is 0 Å². The lowest BCUT2D eigenvalue weighted by molar-refractivity contribution is 0.169. The minimum atomic E-state index is 0.340. The summed E-state index contributed by atoms with van der Waals surface area (Å²) in [4.78, 5) is 11.4.